The van der Waals surface area contributed by atoms with Gasteiger partial charge >= 0.3 is 6.18 Å². The second kappa shape index (κ2) is 10.1. The van der Waals surface area contributed by atoms with Crippen molar-refractivity contribution < 1.29 is 18.0 Å². The van der Waals surface area contributed by atoms with Crippen molar-refractivity contribution in [3.63, 3.8) is 0 Å². The number of nitrogens with zero attached hydrogens (tertiary/aromatic N) is 4. The molecule has 0 aliphatic carbocycles. The zero-order chi connectivity index (χ0) is 26.2. The molecule has 9 heteroatoms. The molecule has 2 aromatic carbocycles. The van der Waals surface area contributed by atoms with Crippen molar-refractivity contribution in [2.45, 2.75) is 25.4 Å². The van der Waals surface area contributed by atoms with Gasteiger partial charge in [-0.05, 0) is 42.3 Å². The number of aromatic nitrogens is 2. The summed E-state index contributed by atoms with van der Waals surface area (Å²) in [5, 5.41) is 0.466. The zero-order valence-corrected chi connectivity index (χ0v) is 21.0. The minimum Gasteiger partial charge on any atom is -0.368 e. The molecule has 4 aromatic rings. The Hall–Kier alpha value is -3.52. The molecule has 0 saturated carbocycles. The van der Waals surface area contributed by atoms with Gasteiger partial charge in [0.2, 0.25) is 5.91 Å². The summed E-state index contributed by atoms with van der Waals surface area (Å²) in [4.78, 5) is 22.0. The number of amides is 1. The third kappa shape index (κ3) is 5.30. The molecule has 1 aliphatic heterocycles. The van der Waals surface area contributed by atoms with E-state index in [9.17, 15) is 18.0 Å². The molecule has 0 bridgehead atoms. The van der Waals surface area contributed by atoms with Crippen molar-refractivity contribution in [3.8, 4) is 0 Å². The van der Waals surface area contributed by atoms with E-state index in [0.29, 0.717) is 48.1 Å². The molecule has 192 valence electrons. The number of hydrogen-bond acceptors (Lipinski definition) is 3. The summed E-state index contributed by atoms with van der Waals surface area (Å²) in [6.45, 7) is 4.53. The van der Waals surface area contributed by atoms with Crippen molar-refractivity contribution in [3.05, 3.63) is 100 Å². The van der Waals surface area contributed by atoms with Gasteiger partial charge < -0.3 is 14.2 Å². The lowest BCUT2D eigenvalue weighted by Gasteiger charge is -2.37. The van der Waals surface area contributed by atoms with Crippen LogP contribution in [0.3, 0.4) is 0 Å². The van der Waals surface area contributed by atoms with E-state index in [0.717, 1.165) is 17.8 Å². The molecular weight excluding hydrogens is 501 g/mol. The molecular formula is C28H26ClF3N4O. The number of piperazine rings is 1. The average molecular weight is 527 g/mol. The van der Waals surface area contributed by atoms with E-state index in [1.165, 1.54) is 11.6 Å². The zero-order valence-electron chi connectivity index (χ0n) is 20.3. The minimum atomic E-state index is -4.49. The van der Waals surface area contributed by atoms with E-state index in [2.05, 4.69) is 28.9 Å². The number of benzene rings is 2. The number of halogens is 4. The Morgan fingerprint density at radius 1 is 1.03 bits per heavy atom. The number of pyridine rings is 1. The van der Waals surface area contributed by atoms with Crippen LogP contribution in [0.2, 0.25) is 5.02 Å². The summed E-state index contributed by atoms with van der Waals surface area (Å²) in [6.07, 6.45) is -1.18. The van der Waals surface area contributed by atoms with Gasteiger partial charge in [0.05, 0.1) is 16.3 Å². The smallest absolute Gasteiger partial charge is 0.368 e. The first-order valence-corrected chi connectivity index (χ1v) is 12.5. The summed E-state index contributed by atoms with van der Waals surface area (Å²) < 4.78 is 42.3. The van der Waals surface area contributed by atoms with Crippen LogP contribution in [-0.2, 0) is 11.0 Å². The van der Waals surface area contributed by atoms with Crippen LogP contribution in [0.4, 0.5) is 18.9 Å². The first kappa shape index (κ1) is 25.1. The molecule has 1 amide bonds. The van der Waals surface area contributed by atoms with Gasteiger partial charge in [0.1, 0.15) is 5.65 Å². The molecule has 3 heterocycles. The number of fused-ring (bicyclic) bond motifs is 1. The molecule has 0 N–H and O–H groups in total. The summed E-state index contributed by atoms with van der Waals surface area (Å²) in [6, 6.07) is 16.8. The highest BCUT2D eigenvalue weighted by Crippen LogP contribution is 2.35. The Labute approximate surface area is 218 Å². The molecule has 0 spiro atoms. The first-order chi connectivity index (χ1) is 17.7. The number of anilines is 1. The topological polar surface area (TPSA) is 40.8 Å². The summed E-state index contributed by atoms with van der Waals surface area (Å²) >= 11 is 6.21. The molecule has 5 rings (SSSR count). The number of imidazole rings is 1. The van der Waals surface area contributed by atoms with E-state index in [4.69, 9.17) is 11.6 Å². The highest BCUT2D eigenvalue weighted by Gasteiger charge is 2.33. The number of aryl methyl sites for hydroxylation is 1. The average Bonchev–Trinajstić information content (AvgIpc) is 3.30. The van der Waals surface area contributed by atoms with E-state index < -0.39 is 17.7 Å². The Morgan fingerprint density at radius 2 is 1.78 bits per heavy atom. The molecule has 1 saturated heterocycles. The lowest BCUT2D eigenvalue weighted by atomic mass is 9.90. The number of carbonyl (C=O) groups excluding carboxylic acids is 1. The number of hydrogen-bond donors (Lipinski definition) is 0. The van der Waals surface area contributed by atoms with Crippen molar-refractivity contribution >= 4 is 28.8 Å². The normalized spacial score (nSPS) is 15.3. The van der Waals surface area contributed by atoms with Crippen LogP contribution >= 0.6 is 11.6 Å². The second-order valence-electron chi connectivity index (χ2n) is 9.29. The fourth-order valence-electron chi connectivity index (χ4n) is 4.97. The molecule has 1 aliphatic rings. The van der Waals surface area contributed by atoms with Crippen LogP contribution in [0.5, 0.6) is 0 Å². The Bertz CT molecular complexity index is 1430. The van der Waals surface area contributed by atoms with Crippen LogP contribution in [0.15, 0.2) is 73.1 Å². The Balaban J connectivity index is 1.42. The third-order valence-electron chi connectivity index (χ3n) is 6.94. The Morgan fingerprint density at radius 3 is 2.51 bits per heavy atom. The SMILES string of the molecule is Cc1ccccc1N1CCN(C(=O)CC(c2cccc(C(F)(F)F)c2)c2cnc3ccc(Cl)cn23)CC1. The van der Waals surface area contributed by atoms with Crippen molar-refractivity contribution in [2.75, 3.05) is 31.1 Å². The largest absolute Gasteiger partial charge is 0.416 e. The molecule has 2 aromatic heterocycles. The predicted molar refractivity (Wildman–Crippen MR) is 138 cm³/mol. The molecule has 1 atom stereocenters. The van der Waals surface area contributed by atoms with Crippen LogP contribution in [0.1, 0.15) is 34.7 Å². The molecule has 5 nitrogen and oxygen atoms in total. The van der Waals surface area contributed by atoms with Crippen molar-refractivity contribution in [1.82, 2.24) is 14.3 Å². The number of para-hydroxylation sites is 1. The van der Waals surface area contributed by atoms with Crippen LogP contribution in [0, 0.1) is 6.92 Å². The predicted octanol–water partition coefficient (Wildman–Crippen LogP) is 6.19. The van der Waals surface area contributed by atoms with Crippen molar-refractivity contribution in [1.29, 1.82) is 0 Å². The fraction of sp³-hybridized carbons (Fsp3) is 0.286. The van der Waals surface area contributed by atoms with Gasteiger partial charge in [-0.25, -0.2) is 4.98 Å². The van der Waals surface area contributed by atoms with Gasteiger partial charge in [-0.2, -0.15) is 13.2 Å². The number of carbonyl (C=O) groups is 1. The van der Waals surface area contributed by atoms with E-state index >= 15 is 0 Å². The molecule has 37 heavy (non-hydrogen) atoms. The van der Waals surface area contributed by atoms with E-state index in [1.54, 1.807) is 39.9 Å². The molecule has 0 radical (unpaired) electrons. The summed E-state index contributed by atoms with van der Waals surface area (Å²) in [7, 11) is 0. The highest BCUT2D eigenvalue weighted by molar-refractivity contribution is 6.30. The van der Waals surface area contributed by atoms with Gasteiger partial charge in [-0.3, -0.25) is 4.79 Å². The minimum absolute atomic E-state index is 0.0198. The number of rotatable bonds is 5. The summed E-state index contributed by atoms with van der Waals surface area (Å²) in [5.41, 5.74) is 3.21. The van der Waals surface area contributed by atoms with Gasteiger partial charge in [0, 0.05) is 56.6 Å². The maximum Gasteiger partial charge on any atom is 0.416 e. The maximum absolute atomic E-state index is 13.5. The Kier molecular flexibility index (Phi) is 6.86. The van der Waals surface area contributed by atoms with Crippen LogP contribution in [0.25, 0.3) is 5.65 Å². The molecule has 1 fully saturated rings. The fourth-order valence-corrected chi connectivity index (χ4v) is 5.14. The van der Waals surface area contributed by atoms with Gasteiger partial charge in [-0.1, -0.05) is 48.0 Å². The molecule has 1 unspecified atom stereocenters. The van der Waals surface area contributed by atoms with Crippen molar-refractivity contribution in [2.24, 2.45) is 0 Å². The van der Waals surface area contributed by atoms with E-state index in [-0.39, 0.29) is 12.3 Å². The van der Waals surface area contributed by atoms with E-state index in [1.807, 2.05) is 12.1 Å². The lowest BCUT2D eigenvalue weighted by molar-refractivity contribution is -0.137. The standard InChI is InChI=1S/C28H26ClF3N4O/c1-19-5-2-3-8-24(19)34-11-13-35(14-12-34)27(37)16-23(20-6-4-7-21(15-20)28(30,31)32)25-17-33-26-10-9-22(29)18-36(25)26/h2-10,15,17-18,23H,11-14,16H2,1H3. The highest BCUT2D eigenvalue weighted by atomic mass is 35.5. The van der Waals surface area contributed by atoms with Gasteiger partial charge in [0.25, 0.3) is 0 Å². The monoisotopic (exact) mass is 526 g/mol. The van der Waals surface area contributed by atoms with Gasteiger partial charge in [-0.15, -0.1) is 0 Å². The van der Waals surface area contributed by atoms with Crippen LogP contribution in [-0.4, -0.2) is 46.4 Å². The van der Waals surface area contributed by atoms with Crippen LogP contribution < -0.4 is 4.90 Å². The third-order valence-corrected chi connectivity index (χ3v) is 7.16. The second-order valence-corrected chi connectivity index (χ2v) is 9.73. The quantitative estimate of drug-likeness (QED) is 0.311. The maximum atomic E-state index is 13.5. The number of alkyl halides is 3. The lowest BCUT2D eigenvalue weighted by Crippen LogP contribution is -2.49. The summed E-state index contributed by atoms with van der Waals surface area (Å²) in [5.74, 6) is -0.735. The van der Waals surface area contributed by atoms with Gasteiger partial charge in [0.15, 0.2) is 0 Å². The first-order valence-electron chi connectivity index (χ1n) is 12.1.